The lowest BCUT2D eigenvalue weighted by atomic mass is 9.87. The van der Waals surface area contributed by atoms with Crippen molar-refractivity contribution in [2.24, 2.45) is 17.3 Å². The van der Waals surface area contributed by atoms with Crippen LogP contribution < -0.4 is 0 Å². The molecule has 5 atom stereocenters. The maximum Gasteiger partial charge on any atom is 0.311 e. The number of carbonyl (C=O) groups excluding carboxylic acids is 2. The van der Waals surface area contributed by atoms with E-state index in [1.807, 2.05) is 27.7 Å². The molecule has 0 saturated carbocycles. The summed E-state index contributed by atoms with van der Waals surface area (Å²) in [7, 11) is 0. The van der Waals surface area contributed by atoms with Crippen molar-refractivity contribution < 1.29 is 23.8 Å². The van der Waals surface area contributed by atoms with Crippen molar-refractivity contribution in [3.63, 3.8) is 0 Å². The Kier molecular flexibility index (Phi) is 5.26. The minimum absolute atomic E-state index is 0.0221. The largest absolute Gasteiger partial charge is 0.461 e. The topological polar surface area (TPSA) is 61.8 Å². The molecule has 136 valence electrons. The van der Waals surface area contributed by atoms with Crippen molar-refractivity contribution in [3.8, 4) is 0 Å². The Labute approximate surface area is 144 Å². The van der Waals surface area contributed by atoms with E-state index >= 15 is 0 Å². The first-order valence-corrected chi connectivity index (χ1v) is 8.67. The van der Waals surface area contributed by atoms with Crippen molar-refractivity contribution in [3.05, 3.63) is 11.6 Å². The van der Waals surface area contributed by atoms with Gasteiger partial charge in [0, 0.05) is 18.3 Å². The van der Waals surface area contributed by atoms with E-state index in [9.17, 15) is 9.59 Å². The molecule has 24 heavy (non-hydrogen) atoms. The summed E-state index contributed by atoms with van der Waals surface area (Å²) in [5.41, 5.74) is 0.476. The molecule has 2 aliphatic heterocycles. The summed E-state index contributed by atoms with van der Waals surface area (Å²) in [6.07, 6.45) is 2.33. The standard InChI is InChI=1S/C19H30O5/c1-11(10-22-17(21)18(4,5)6)8-12(2)16-13(3)14-9-15(20)19(7,23-14)24-16/h8,12-14,16H,9-10H2,1-7H3/b11-8+/t12-,13+,14-,16-,19-/m1/s1. The predicted octanol–water partition coefficient (Wildman–Crippen LogP) is 3.27. The van der Waals surface area contributed by atoms with Crippen LogP contribution in [0.3, 0.4) is 0 Å². The van der Waals surface area contributed by atoms with E-state index in [0.29, 0.717) is 6.42 Å². The summed E-state index contributed by atoms with van der Waals surface area (Å²) in [4.78, 5) is 23.9. The number of esters is 1. The average Bonchev–Trinajstić information content (AvgIpc) is 2.71. The number of Topliss-reactive ketones (excluding diaryl/α,β-unsaturated/α-hetero) is 1. The highest BCUT2D eigenvalue weighted by atomic mass is 16.7. The van der Waals surface area contributed by atoms with Crippen LogP contribution in [-0.4, -0.2) is 36.4 Å². The van der Waals surface area contributed by atoms with Gasteiger partial charge in [0.25, 0.3) is 0 Å². The Morgan fingerprint density at radius 3 is 2.62 bits per heavy atom. The molecule has 2 aliphatic rings. The molecule has 0 radical (unpaired) electrons. The van der Waals surface area contributed by atoms with E-state index < -0.39 is 11.2 Å². The fourth-order valence-corrected chi connectivity index (χ4v) is 3.30. The van der Waals surface area contributed by atoms with Crippen LogP contribution in [0.15, 0.2) is 11.6 Å². The molecule has 2 rings (SSSR count). The molecule has 2 saturated heterocycles. The first kappa shape index (κ1) is 19.1. The maximum atomic E-state index is 12.1. The van der Waals surface area contributed by atoms with Crippen molar-refractivity contribution >= 4 is 11.8 Å². The number of hydrogen-bond acceptors (Lipinski definition) is 5. The molecule has 0 aromatic carbocycles. The predicted molar refractivity (Wildman–Crippen MR) is 90.3 cm³/mol. The normalized spacial score (nSPS) is 35.0. The van der Waals surface area contributed by atoms with Crippen LogP contribution >= 0.6 is 0 Å². The zero-order chi connectivity index (χ0) is 18.3. The molecule has 0 spiro atoms. The zero-order valence-electron chi connectivity index (χ0n) is 15.8. The van der Waals surface area contributed by atoms with Gasteiger partial charge < -0.3 is 14.2 Å². The van der Waals surface area contributed by atoms with Gasteiger partial charge in [0.2, 0.25) is 5.79 Å². The second-order valence-electron chi connectivity index (χ2n) is 8.37. The average molecular weight is 338 g/mol. The van der Waals surface area contributed by atoms with Crippen LogP contribution in [0.4, 0.5) is 0 Å². The number of fused-ring (bicyclic) bond motifs is 2. The van der Waals surface area contributed by atoms with E-state index in [2.05, 4.69) is 19.9 Å². The summed E-state index contributed by atoms with van der Waals surface area (Å²) in [6, 6.07) is 0. The van der Waals surface area contributed by atoms with Gasteiger partial charge in [0.05, 0.1) is 17.6 Å². The van der Waals surface area contributed by atoms with E-state index in [4.69, 9.17) is 14.2 Å². The molecule has 0 aromatic heterocycles. The fourth-order valence-electron chi connectivity index (χ4n) is 3.30. The molecule has 0 unspecified atom stereocenters. The fraction of sp³-hybridized carbons (Fsp3) is 0.789. The molecule has 2 bridgehead atoms. The first-order chi connectivity index (χ1) is 10.9. The number of ketones is 1. The van der Waals surface area contributed by atoms with Crippen molar-refractivity contribution in [2.45, 2.75) is 72.9 Å². The Balaban J connectivity index is 1.99. The molecule has 2 heterocycles. The highest BCUT2D eigenvalue weighted by Gasteiger charge is 2.55. The molecular weight excluding hydrogens is 308 g/mol. The van der Waals surface area contributed by atoms with Gasteiger partial charge in [-0.15, -0.1) is 0 Å². The Morgan fingerprint density at radius 1 is 1.42 bits per heavy atom. The number of ether oxygens (including phenoxy) is 3. The van der Waals surface area contributed by atoms with Crippen LogP contribution in [0.2, 0.25) is 0 Å². The lowest BCUT2D eigenvalue weighted by Crippen LogP contribution is -2.49. The minimum atomic E-state index is -1.10. The van der Waals surface area contributed by atoms with E-state index in [0.717, 1.165) is 5.57 Å². The van der Waals surface area contributed by atoms with Crippen molar-refractivity contribution in [1.82, 2.24) is 0 Å². The maximum absolute atomic E-state index is 12.1. The Bertz CT molecular complexity index is 544. The molecule has 0 aliphatic carbocycles. The van der Waals surface area contributed by atoms with E-state index in [1.54, 1.807) is 6.92 Å². The number of carbonyl (C=O) groups is 2. The highest BCUT2D eigenvalue weighted by molar-refractivity contribution is 5.88. The molecule has 5 heteroatoms. The van der Waals surface area contributed by atoms with Crippen LogP contribution in [0, 0.1) is 17.3 Å². The molecule has 5 nitrogen and oxygen atoms in total. The van der Waals surface area contributed by atoms with Crippen LogP contribution in [0.5, 0.6) is 0 Å². The highest BCUT2D eigenvalue weighted by Crippen LogP contribution is 2.42. The third-order valence-corrected chi connectivity index (χ3v) is 4.84. The third kappa shape index (κ3) is 3.89. The van der Waals surface area contributed by atoms with Gasteiger partial charge in [-0.3, -0.25) is 9.59 Å². The SMILES string of the molecule is C/C(=C\[C@@H](C)[C@H]1O[C@@]2(C)O[C@H](CC2=O)[C@@H]1C)COC(=O)C(C)(C)C. The van der Waals surface area contributed by atoms with Crippen LogP contribution in [-0.2, 0) is 23.8 Å². The van der Waals surface area contributed by atoms with Crippen molar-refractivity contribution in [2.75, 3.05) is 6.61 Å². The van der Waals surface area contributed by atoms with Gasteiger partial charge in [-0.25, -0.2) is 0 Å². The lowest BCUT2D eigenvalue weighted by molar-refractivity contribution is -0.289. The lowest BCUT2D eigenvalue weighted by Gasteiger charge is -2.41. The quantitative estimate of drug-likeness (QED) is 0.581. The summed E-state index contributed by atoms with van der Waals surface area (Å²) in [5.74, 6) is -1.05. The molecule has 0 amide bonds. The van der Waals surface area contributed by atoms with Crippen molar-refractivity contribution in [1.29, 1.82) is 0 Å². The van der Waals surface area contributed by atoms with Gasteiger partial charge in [-0.1, -0.05) is 19.9 Å². The van der Waals surface area contributed by atoms with E-state index in [1.165, 1.54) is 0 Å². The number of hydrogen-bond donors (Lipinski definition) is 0. The summed E-state index contributed by atoms with van der Waals surface area (Å²) in [6.45, 7) is 13.6. The second-order valence-corrected chi connectivity index (χ2v) is 8.37. The zero-order valence-corrected chi connectivity index (χ0v) is 15.8. The van der Waals surface area contributed by atoms with Gasteiger partial charge in [0.15, 0.2) is 5.78 Å². The molecular formula is C19H30O5. The van der Waals surface area contributed by atoms with Gasteiger partial charge in [0.1, 0.15) is 6.61 Å². The first-order valence-electron chi connectivity index (χ1n) is 8.67. The monoisotopic (exact) mass is 338 g/mol. The van der Waals surface area contributed by atoms with Gasteiger partial charge in [-0.2, -0.15) is 0 Å². The molecule has 0 N–H and O–H groups in total. The van der Waals surface area contributed by atoms with Crippen LogP contribution in [0.1, 0.15) is 54.9 Å². The molecule has 2 fully saturated rings. The van der Waals surface area contributed by atoms with Gasteiger partial charge in [-0.05, 0) is 40.2 Å². The number of rotatable bonds is 4. The Morgan fingerprint density at radius 2 is 2.04 bits per heavy atom. The second kappa shape index (κ2) is 6.60. The Hall–Kier alpha value is -1.20. The van der Waals surface area contributed by atoms with Gasteiger partial charge >= 0.3 is 5.97 Å². The summed E-state index contributed by atoms with van der Waals surface area (Å²) < 4.78 is 17.1. The van der Waals surface area contributed by atoms with E-state index in [-0.39, 0.29) is 42.4 Å². The molecule has 0 aromatic rings. The smallest absolute Gasteiger partial charge is 0.311 e. The van der Waals surface area contributed by atoms with Crippen LogP contribution in [0.25, 0.3) is 0 Å². The summed E-state index contributed by atoms with van der Waals surface area (Å²) >= 11 is 0. The minimum Gasteiger partial charge on any atom is -0.461 e. The summed E-state index contributed by atoms with van der Waals surface area (Å²) in [5, 5.41) is 0. The third-order valence-electron chi connectivity index (χ3n) is 4.84.